The van der Waals surface area contributed by atoms with Crippen LogP contribution in [0.15, 0.2) is 22.9 Å². The molecule has 0 unspecified atom stereocenters. The molecule has 7 nitrogen and oxygen atoms in total. The summed E-state index contributed by atoms with van der Waals surface area (Å²) in [7, 11) is 0. The lowest BCUT2D eigenvalue weighted by molar-refractivity contribution is -0.135. The Morgan fingerprint density at radius 2 is 1.96 bits per heavy atom. The Hall–Kier alpha value is -2.44. The zero-order chi connectivity index (χ0) is 17.9. The minimum Gasteiger partial charge on any atom is -0.353 e. The number of hydrogen-bond donors (Lipinski definition) is 0. The maximum absolute atomic E-state index is 12.5. The average Bonchev–Trinajstić information content (AvgIpc) is 3.40. The van der Waals surface area contributed by atoms with Gasteiger partial charge in [-0.1, -0.05) is 24.9 Å². The third kappa shape index (κ3) is 3.43. The van der Waals surface area contributed by atoms with Crippen molar-refractivity contribution in [1.29, 1.82) is 0 Å². The van der Waals surface area contributed by atoms with E-state index in [0.29, 0.717) is 17.6 Å². The van der Waals surface area contributed by atoms with Crippen LogP contribution in [-0.4, -0.2) is 52.1 Å². The number of piperazine rings is 1. The second-order valence-electron chi connectivity index (χ2n) is 7.06. The number of anilines is 1. The molecule has 138 valence electrons. The number of aryl methyl sites for hydroxylation is 1. The average molecular weight is 355 g/mol. The molecule has 1 aliphatic heterocycles. The van der Waals surface area contributed by atoms with Crippen LogP contribution in [0.1, 0.15) is 38.5 Å². The van der Waals surface area contributed by atoms with Gasteiger partial charge in [0.2, 0.25) is 17.6 Å². The summed E-state index contributed by atoms with van der Waals surface area (Å²) in [5.74, 6) is 2.76. The van der Waals surface area contributed by atoms with Gasteiger partial charge in [-0.25, -0.2) is 4.98 Å². The van der Waals surface area contributed by atoms with Crippen LogP contribution in [0.25, 0.3) is 11.4 Å². The summed E-state index contributed by atoms with van der Waals surface area (Å²) >= 11 is 0. The molecule has 1 aliphatic carbocycles. The number of carbonyl (C=O) groups is 1. The zero-order valence-electron chi connectivity index (χ0n) is 15.2. The second-order valence-corrected chi connectivity index (χ2v) is 7.06. The van der Waals surface area contributed by atoms with Gasteiger partial charge in [0.05, 0.1) is 0 Å². The number of nitrogens with zero attached hydrogens (tertiary/aromatic N) is 5. The summed E-state index contributed by atoms with van der Waals surface area (Å²) in [4.78, 5) is 25.7. The lowest BCUT2D eigenvalue weighted by atomic mass is 10.1. The lowest BCUT2D eigenvalue weighted by Crippen LogP contribution is -2.50. The summed E-state index contributed by atoms with van der Waals surface area (Å²) in [6.45, 7) is 5.20. The van der Waals surface area contributed by atoms with Crippen molar-refractivity contribution in [2.75, 3.05) is 31.1 Å². The molecule has 0 radical (unpaired) electrons. The van der Waals surface area contributed by atoms with Gasteiger partial charge < -0.3 is 14.3 Å². The normalized spacial score (nSPS) is 18.5. The largest absolute Gasteiger partial charge is 0.353 e. The van der Waals surface area contributed by atoms with Gasteiger partial charge in [-0.05, 0) is 25.0 Å². The summed E-state index contributed by atoms with van der Waals surface area (Å²) in [5, 5.41) is 3.98. The van der Waals surface area contributed by atoms with Crippen LogP contribution in [0.2, 0.25) is 0 Å². The third-order valence-corrected chi connectivity index (χ3v) is 5.40. The van der Waals surface area contributed by atoms with Gasteiger partial charge in [-0.2, -0.15) is 4.98 Å². The van der Waals surface area contributed by atoms with Crippen molar-refractivity contribution in [3.63, 3.8) is 0 Å². The fourth-order valence-corrected chi connectivity index (χ4v) is 3.81. The molecule has 3 heterocycles. The molecule has 0 atom stereocenters. The SMILES string of the molecule is CCc1nc(-c2ccc(N3CCN(C(=O)C4CCCC4)CC3)nc2)no1. The van der Waals surface area contributed by atoms with Gasteiger partial charge in [0.1, 0.15) is 5.82 Å². The van der Waals surface area contributed by atoms with E-state index in [2.05, 4.69) is 20.0 Å². The maximum atomic E-state index is 12.5. The molecule has 1 saturated carbocycles. The van der Waals surface area contributed by atoms with E-state index in [1.165, 1.54) is 12.8 Å². The highest BCUT2D eigenvalue weighted by Crippen LogP contribution is 2.27. The van der Waals surface area contributed by atoms with Crippen molar-refractivity contribution in [2.24, 2.45) is 5.92 Å². The zero-order valence-corrected chi connectivity index (χ0v) is 15.2. The van der Waals surface area contributed by atoms with E-state index in [9.17, 15) is 4.79 Å². The first-order valence-corrected chi connectivity index (χ1v) is 9.57. The molecule has 1 amide bonds. The Balaban J connectivity index is 1.36. The van der Waals surface area contributed by atoms with Crippen LogP contribution in [0.5, 0.6) is 0 Å². The molecule has 2 aliphatic rings. The van der Waals surface area contributed by atoms with Crippen LogP contribution >= 0.6 is 0 Å². The molecule has 4 rings (SSSR count). The second kappa shape index (κ2) is 7.43. The van der Waals surface area contributed by atoms with Gasteiger partial charge in [-0.3, -0.25) is 4.79 Å². The highest BCUT2D eigenvalue weighted by atomic mass is 16.5. The molecule has 0 bridgehead atoms. The topological polar surface area (TPSA) is 75.4 Å². The van der Waals surface area contributed by atoms with Crippen LogP contribution in [0.3, 0.4) is 0 Å². The van der Waals surface area contributed by atoms with E-state index in [-0.39, 0.29) is 5.92 Å². The van der Waals surface area contributed by atoms with Gasteiger partial charge in [0, 0.05) is 50.3 Å². The van der Waals surface area contributed by atoms with Crippen molar-refractivity contribution in [1.82, 2.24) is 20.0 Å². The number of hydrogen-bond acceptors (Lipinski definition) is 6. The Kier molecular flexibility index (Phi) is 4.86. The van der Waals surface area contributed by atoms with E-state index in [4.69, 9.17) is 4.52 Å². The van der Waals surface area contributed by atoms with Gasteiger partial charge in [-0.15, -0.1) is 0 Å². The Labute approximate surface area is 153 Å². The number of carbonyl (C=O) groups excluding carboxylic acids is 1. The molecule has 7 heteroatoms. The van der Waals surface area contributed by atoms with Gasteiger partial charge in [0.25, 0.3) is 0 Å². The van der Waals surface area contributed by atoms with Crippen molar-refractivity contribution in [3.8, 4) is 11.4 Å². The first-order chi connectivity index (χ1) is 12.7. The van der Waals surface area contributed by atoms with Crippen molar-refractivity contribution < 1.29 is 9.32 Å². The molecule has 2 aromatic rings. The van der Waals surface area contributed by atoms with E-state index < -0.39 is 0 Å². The van der Waals surface area contributed by atoms with Gasteiger partial charge in [0.15, 0.2) is 0 Å². The van der Waals surface area contributed by atoms with Crippen LogP contribution in [0, 0.1) is 5.92 Å². The van der Waals surface area contributed by atoms with Crippen molar-refractivity contribution >= 4 is 11.7 Å². The quantitative estimate of drug-likeness (QED) is 0.839. The fourth-order valence-electron chi connectivity index (χ4n) is 3.81. The number of rotatable bonds is 4. The Morgan fingerprint density at radius 3 is 2.58 bits per heavy atom. The van der Waals surface area contributed by atoms with Crippen LogP contribution in [-0.2, 0) is 11.2 Å². The summed E-state index contributed by atoms with van der Waals surface area (Å²) in [6.07, 6.45) is 7.05. The molecule has 0 spiro atoms. The molecule has 1 saturated heterocycles. The molecular formula is C19H25N5O2. The monoisotopic (exact) mass is 355 g/mol. The van der Waals surface area contributed by atoms with Crippen LogP contribution < -0.4 is 4.90 Å². The first kappa shape index (κ1) is 17.0. The molecule has 2 fully saturated rings. The third-order valence-electron chi connectivity index (χ3n) is 5.40. The smallest absolute Gasteiger partial charge is 0.226 e. The lowest BCUT2D eigenvalue weighted by Gasteiger charge is -2.36. The van der Waals surface area contributed by atoms with E-state index in [0.717, 1.165) is 56.8 Å². The molecule has 0 N–H and O–H groups in total. The summed E-state index contributed by atoms with van der Waals surface area (Å²) in [6, 6.07) is 3.97. The molecule has 2 aromatic heterocycles. The Morgan fingerprint density at radius 1 is 1.19 bits per heavy atom. The predicted molar refractivity (Wildman–Crippen MR) is 97.7 cm³/mol. The predicted octanol–water partition coefficient (Wildman–Crippen LogP) is 2.53. The minimum atomic E-state index is 0.266. The van der Waals surface area contributed by atoms with Gasteiger partial charge >= 0.3 is 0 Å². The fraction of sp³-hybridized carbons (Fsp3) is 0.579. The molecule has 0 aromatic carbocycles. The van der Waals surface area contributed by atoms with E-state index in [1.807, 2.05) is 24.0 Å². The number of pyridine rings is 1. The molecular weight excluding hydrogens is 330 g/mol. The summed E-state index contributed by atoms with van der Waals surface area (Å²) < 4.78 is 5.15. The minimum absolute atomic E-state index is 0.266. The number of amides is 1. The van der Waals surface area contributed by atoms with E-state index in [1.54, 1.807) is 6.20 Å². The highest BCUT2D eigenvalue weighted by Gasteiger charge is 2.29. The summed E-state index contributed by atoms with van der Waals surface area (Å²) in [5.41, 5.74) is 0.854. The molecule has 26 heavy (non-hydrogen) atoms. The Bertz CT molecular complexity index is 744. The van der Waals surface area contributed by atoms with E-state index >= 15 is 0 Å². The van der Waals surface area contributed by atoms with Crippen molar-refractivity contribution in [2.45, 2.75) is 39.0 Å². The maximum Gasteiger partial charge on any atom is 0.226 e. The standard InChI is InChI=1S/C19H25N5O2/c1-2-17-21-18(22-26-17)15-7-8-16(20-13-15)23-9-11-24(12-10-23)19(25)14-5-3-4-6-14/h7-8,13-14H,2-6,9-12H2,1H3. The highest BCUT2D eigenvalue weighted by molar-refractivity contribution is 5.79. The number of aromatic nitrogens is 3. The van der Waals surface area contributed by atoms with Crippen LogP contribution in [0.4, 0.5) is 5.82 Å². The first-order valence-electron chi connectivity index (χ1n) is 9.57. The van der Waals surface area contributed by atoms with Crippen molar-refractivity contribution in [3.05, 3.63) is 24.2 Å².